The second kappa shape index (κ2) is 3.87. The fourth-order valence-electron chi connectivity index (χ4n) is 1.83. The lowest BCUT2D eigenvalue weighted by Crippen LogP contribution is -2.29. The maximum Gasteiger partial charge on any atom is 0.333 e. The average Bonchev–Trinajstić information content (AvgIpc) is 2.39. The summed E-state index contributed by atoms with van der Waals surface area (Å²) in [6.07, 6.45) is 1.56. The molecule has 0 aliphatic heterocycles. The first-order chi connectivity index (χ1) is 8.34. The van der Waals surface area contributed by atoms with E-state index in [-0.39, 0.29) is 0 Å². The zero-order chi connectivity index (χ0) is 11.7. The molecule has 82 valence electrons. The minimum atomic E-state index is 0.435. The first-order valence-corrected chi connectivity index (χ1v) is 5.39. The van der Waals surface area contributed by atoms with Crippen molar-refractivity contribution >= 4 is 10.9 Å². The lowest BCUT2D eigenvalue weighted by atomic mass is 10.2. The van der Waals surface area contributed by atoms with Gasteiger partial charge in [0.05, 0.1) is 10.9 Å². The average molecular weight is 222 g/mol. The summed E-state index contributed by atoms with van der Waals surface area (Å²) in [6, 6.07) is 17.1. The van der Waals surface area contributed by atoms with Crippen molar-refractivity contribution in [1.29, 1.82) is 0 Å². The molecule has 0 fully saturated rings. The molecule has 0 amide bonds. The number of hydrogen-bond acceptors (Lipinski definition) is 2. The molecule has 0 saturated carbocycles. The van der Waals surface area contributed by atoms with Gasteiger partial charge in [-0.25, -0.2) is 4.73 Å². The highest BCUT2D eigenvalue weighted by Crippen LogP contribution is 2.16. The Morgan fingerprint density at radius 3 is 2.41 bits per heavy atom. The Morgan fingerprint density at radius 2 is 1.59 bits per heavy atom. The van der Waals surface area contributed by atoms with E-state index in [1.165, 1.54) is 0 Å². The SMILES string of the molecule is [O-][n+]1cc2ccccc2nc1-c1ccccc1. The Labute approximate surface area is 98.6 Å². The molecule has 3 rings (SSSR count). The molecule has 0 N–H and O–H groups in total. The van der Waals surface area contributed by atoms with Gasteiger partial charge in [-0.2, -0.15) is 0 Å². The predicted octanol–water partition coefficient (Wildman–Crippen LogP) is 2.54. The van der Waals surface area contributed by atoms with E-state index >= 15 is 0 Å². The van der Waals surface area contributed by atoms with Crippen LogP contribution in [0.15, 0.2) is 60.8 Å². The maximum absolute atomic E-state index is 11.9. The van der Waals surface area contributed by atoms with Crippen LogP contribution >= 0.6 is 0 Å². The van der Waals surface area contributed by atoms with E-state index < -0.39 is 0 Å². The van der Waals surface area contributed by atoms with Gasteiger partial charge in [-0.15, -0.1) is 0 Å². The monoisotopic (exact) mass is 222 g/mol. The van der Waals surface area contributed by atoms with E-state index in [0.29, 0.717) is 5.82 Å². The molecule has 0 bridgehead atoms. The smallest absolute Gasteiger partial charge is 0.333 e. The fraction of sp³-hybridized carbons (Fsp3) is 0. The van der Waals surface area contributed by atoms with Crippen LogP contribution in [0.3, 0.4) is 0 Å². The molecule has 0 spiro atoms. The van der Waals surface area contributed by atoms with E-state index in [9.17, 15) is 5.21 Å². The van der Waals surface area contributed by atoms with E-state index in [4.69, 9.17) is 0 Å². The van der Waals surface area contributed by atoms with Crippen molar-refractivity contribution < 1.29 is 4.73 Å². The zero-order valence-corrected chi connectivity index (χ0v) is 9.08. The van der Waals surface area contributed by atoms with Crippen LogP contribution in [0.25, 0.3) is 22.3 Å². The summed E-state index contributed by atoms with van der Waals surface area (Å²) in [5.74, 6) is 0.435. The molecule has 3 nitrogen and oxygen atoms in total. The number of aromatic nitrogens is 2. The van der Waals surface area contributed by atoms with E-state index in [1.807, 2.05) is 54.6 Å². The number of nitrogens with zero attached hydrogens (tertiary/aromatic N) is 2. The van der Waals surface area contributed by atoms with Crippen molar-refractivity contribution in [3.05, 3.63) is 66.0 Å². The Morgan fingerprint density at radius 1 is 0.882 bits per heavy atom. The quantitative estimate of drug-likeness (QED) is 0.469. The third-order valence-corrected chi connectivity index (χ3v) is 2.66. The van der Waals surface area contributed by atoms with Gasteiger partial charge in [-0.1, -0.05) is 30.3 Å². The largest absolute Gasteiger partial charge is 0.710 e. The second-order valence-corrected chi connectivity index (χ2v) is 3.82. The van der Waals surface area contributed by atoms with Crippen LogP contribution in [-0.2, 0) is 0 Å². The standard InChI is InChI=1S/C14H10N2O/c17-16-10-12-8-4-5-9-13(12)15-14(16)11-6-2-1-3-7-11/h1-10H. The van der Waals surface area contributed by atoms with Crippen LogP contribution in [-0.4, -0.2) is 4.98 Å². The van der Waals surface area contributed by atoms with Gasteiger partial charge in [0.25, 0.3) is 0 Å². The minimum Gasteiger partial charge on any atom is -0.710 e. The Hall–Kier alpha value is -2.42. The minimum absolute atomic E-state index is 0.435. The summed E-state index contributed by atoms with van der Waals surface area (Å²) >= 11 is 0. The molecule has 0 aliphatic rings. The van der Waals surface area contributed by atoms with Crippen molar-refractivity contribution in [3.63, 3.8) is 0 Å². The van der Waals surface area contributed by atoms with Crippen LogP contribution in [0.1, 0.15) is 0 Å². The van der Waals surface area contributed by atoms with Crippen LogP contribution in [0.5, 0.6) is 0 Å². The molecule has 0 atom stereocenters. The van der Waals surface area contributed by atoms with Crippen LogP contribution in [0.2, 0.25) is 0 Å². The lowest BCUT2D eigenvalue weighted by Gasteiger charge is -2.06. The molecule has 1 aromatic heterocycles. The Balaban J connectivity index is 2.27. The molecular formula is C14H10N2O. The number of benzene rings is 2. The molecular weight excluding hydrogens is 212 g/mol. The highest BCUT2D eigenvalue weighted by Gasteiger charge is 2.12. The van der Waals surface area contributed by atoms with Crippen LogP contribution in [0.4, 0.5) is 0 Å². The highest BCUT2D eigenvalue weighted by atomic mass is 16.5. The van der Waals surface area contributed by atoms with Crippen molar-refractivity contribution in [3.8, 4) is 11.4 Å². The first kappa shape index (κ1) is 9.78. The van der Waals surface area contributed by atoms with Gasteiger partial charge in [0.15, 0.2) is 5.52 Å². The third kappa shape index (κ3) is 1.72. The fourth-order valence-corrected chi connectivity index (χ4v) is 1.83. The Bertz CT molecular complexity index is 665. The van der Waals surface area contributed by atoms with Gasteiger partial charge in [-0.3, -0.25) is 0 Å². The van der Waals surface area contributed by atoms with Gasteiger partial charge in [-0.05, 0) is 29.2 Å². The topological polar surface area (TPSA) is 39.8 Å². The predicted molar refractivity (Wildman–Crippen MR) is 66.1 cm³/mol. The first-order valence-electron chi connectivity index (χ1n) is 5.39. The van der Waals surface area contributed by atoms with Crippen LogP contribution in [0, 0.1) is 5.21 Å². The van der Waals surface area contributed by atoms with Gasteiger partial charge >= 0.3 is 5.82 Å². The lowest BCUT2D eigenvalue weighted by molar-refractivity contribution is -0.595. The van der Waals surface area contributed by atoms with E-state index in [2.05, 4.69) is 4.98 Å². The van der Waals surface area contributed by atoms with E-state index in [0.717, 1.165) is 21.2 Å². The van der Waals surface area contributed by atoms with Crippen molar-refractivity contribution in [2.24, 2.45) is 0 Å². The highest BCUT2D eigenvalue weighted by molar-refractivity contribution is 5.78. The second-order valence-electron chi connectivity index (χ2n) is 3.82. The molecule has 0 radical (unpaired) electrons. The van der Waals surface area contributed by atoms with Crippen LogP contribution < -0.4 is 4.73 Å². The maximum atomic E-state index is 11.9. The zero-order valence-electron chi connectivity index (χ0n) is 9.08. The number of hydrogen-bond donors (Lipinski definition) is 0. The molecule has 3 aromatic rings. The van der Waals surface area contributed by atoms with Gasteiger partial charge < -0.3 is 5.21 Å². The van der Waals surface area contributed by atoms with E-state index in [1.54, 1.807) is 6.20 Å². The Kier molecular flexibility index (Phi) is 2.22. The van der Waals surface area contributed by atoms with Gasteiger partial charge in [0.2, 0.25) is 0 Å². The van der Waals surface area contributed by atoms with Gasteiger partial charge in [0, 0.05) is 0 Å². The normalized spacial score (nSPS) is 10.6. The number of fused-ring (bicyclic) bond motifs is 1. The van der Waals surface area contributed by atoms with Gasteiger partial charge in [0.1, 0.15) is 6.20 Å². The summed E-state index contributed by atoms with van der Waals surface area (Å²) in [6.45, 7) is 0. The van der Waals surface area contributed by atoms with Crippen molar-refractivity contribution in [1.82, 2.24) is 4.98 Å². The summed E-state index contributed by atoms with van der Waals surface area (Å²) in [5.41, 5.74) is 1.66. The molecule has 17 heavy (non-hydrogen) atoms. The molecule has 0 aliphatic carbocycles. The molecule has 2 aromatic carbocycles. The summed E-state index contributed by atoms with van der Waals surface area (Å²) in [4.78, 5) is 4.40. The molecule has 0 saturated heterocycles. The summed E-state index contributed by atoms with van der Waals surface area (Å²) in [5, 5.41) is 12.7. The third-order valence-electron chi connectivity index (χ3n) is 2.66. The number of para-hydroxylation sites is 1. The summed E-state index contributed by atoms with van der Waals surface area (Å²) < 4.78 is 0.817. The molecule has 1 heterocycles. The molecule has 0 unspecified atom stereocenters. The number of rotatable bonds is 1. The summed E-state index contributed by atoms with van der Waals surface area (Å²) in [7, 11) is 0. The van der Waals surface area contributed by atoms with Crippen molar-refractivity contribution in [2.45, 2.75) is 0 Å². The van der Waals surface area contributed by atoms with Crippen molar-refractivity contribution in [2.75, 3.05) is 0 Å². The molecule has 3 heteroatoms.